The zero-order chi connectivity index (χ0) is 24.8. The van der Waals surface area contributed by atoms with E-state index in [4.69, 9.17) is 0 Å². The third-order valence-corrected chi connectivity index (χ3v) is 6.28. The minimum atomic E-state index is -0.988. The number of nitrogens with zero attached hydrogens (tertiary/aromatic N) is 4. The molecule has 35 heavy (non-hydrogen) atoms. The minimum Gasteiger partial charge on any atom is -0.481 e. The molecule has 2 unspecified atom stereocenters. The first-order valence-electron chi connectivity index (χ1n) is 11.8. The average Bonchev–Trinajstić information content (AvgIpc) is 3.32. The predicted octanol–water partition coefficient (Wildman–Crippen LogP) is 4.17. The molecule has 184 valence electrons. The van der Waals surface area contributed by atoms with Crippen LogP contribution >= 0.6 is 0 Å². The molecule has 2 aromatic carbocycles. The Labute approximate surface area is 202 Å². The normalized spacial score (nSPS) is 15.9. The molecule has 1 aliphatic rings. The number of aliphatic carboxylic acids is 1. The molecule has 3 N–H and O–H groups in total. The highest BCUT2D eigenvalue weighted by Crippen LogP contribution is 2.33. The van der Waals surface area contributed by atoms with Crippen LogP contribution in [0.25, 0.3) is 0 Å². The van der Waals surface area contributed by atoms with E-state index in [0.717, 1.165) is 31.2 Å². The number of halogens is 1. The average molecular weight is 481 g/mol. The molecule has 0 spiro atoms. The van der Waals surface area contributed by atoms with Crippen molar-refractivity contribution in [3.63, 3.8) is 0 Å². The van der Waals surface area contributed by atoms with Gasteiger partial charge in [-0.2, -0.15) is 0 Å². The fourth-order valence-electron chi connectivity index (χ4n) is 4.60. The van der Waals surface area contributed by atoms with Gasteiger partial charge in [0.05, 0.1) is 18.5 Å². The van der Waals surface area contributed by atoms with Gasteiger partial charge in [-0.25, -0.2) is 9.07 Å². The lowest BCUT2D eigenvalue weighted by molar-refractivity contribution is -0.137. The van der Waals surface area contributed by atoms with Gasteiger partial charge >= 0.3 is 5.97 Å². The van der Waals surface area contributed by atoms with Gasteiger partial charge in [-0.05, 0) is 58.7 Å². The number of carboxylic acid groups (broad SMARTS) is 1. The summed E-state index contributed by atoms with van der Waals surface area (Å²) in [6, 6.07) is 12.1. The van der Waals surface area contributed by atoms with Crippen LogP contribution in [0.3, 0.4) is 0 Å². The van der Waals surface area contributed by atoms with Crippen molar-refractivity contribution < 1.29 is 19.1 Å². The van der Waals surface area contributed by atoms with E-state index < -0.39 is 23.9 Å². The van der Waals surface area contributed by atoms with Crippen LogP contribution < -0.4 is 10.6 Å². The number of anilines is 1. The number of rotatable bonds is 9. The Morgan fingerprint density at radius 1 is 1.06 bits per heavy atom. The van der Waals surface area contributed by atoms with E-state index in [1.54, 1.807) is 24.3 Å². The van der Waals surface area contributed by atoms with Gasteiger partial charge in [-0.15, -0.1) is 5.10 Å². The molecular weight excluding hydrogens is 451 g/mol. The van der Waals surface area contributed by atoms with Crippen LogP contribution in [0.5, 0.6) is 0 Å². The van der Waals surface area contributed by atoms with E-state index in [1.807, 2.05) is 16.8 Å². The van der Waals surface area contributed by atoms with Crippen molar-refractivity contribution >= 4 is 17.6 Å². The van der Waals surface area contributed by atoms with Gasteiger partial charge < -0.3 is 10.4 Å². The maximum Gasteiger partial charge on any atom is 0.305 e. The van der Waals surface area contributed by atoms with E-state index in [-0.39, 0.29) is 18.4 Å². The monoisotopic (exact) mass is 480 g/mol. The summed E-state index contributed by atoms with van der Waals surface area (Å²) in [5, 5.41) is 28.3. The molecule has 1 saturated carbocycles. The van der Waals surface area contributed by atoms with Crippen molar-refractivity contribution in [3.05, 3.63) is 71.3 Å². The summed E-state index contributed by atoms with van der Waals surface area (Å²) < 4.78 is 15.4. The van der Waals surface area contributed by atoms with Gasteiger partial charge in [-0.3, -0.25) is 14.9 Å². The third kappa shape index (κ3) is 6.27. The molecule has 10 heteroatoms. The summed E-state index contributed by atoms with van der Waals surface area (Å²) in [5.74, 6) is -0.971. The topological polar surface area (TPSA) is 122 Å². The van der Waals surface area contributed by atoms with Gasteiger partial charge in [0.2, 0.25) is 5.91 Å². The van der Waals surface area contributed by atoms with Crippen LogP contribution in [0.2, 0.25) is 0 Å². The Balaban J connectivity index is 1.72. The largest absolute Gasteiger partial charge is 0.481 e. The number of carboxylic acids is 1. The SMILES string of the molecule is CC(=O)Nc1ccc(C(NC(CC(=O)O)c2ccc(F)cc2)c2nnnn2C2CCCCC2)cc1. The molecule has 0 saturated heterocycles. The highest BCUT2D eigenvalue weighted by molar-refractivity contribution is 5.88. The zero-order valence-electron chi connectivity index (χ0n) is 19.5. The van der Waals surface area contributed by atoms with Crippen LogP contribution in [0.1, 0.15) is 80.5 Å². The Morgan fingerprint density at radius 3 is 2.34 bits per heavy atom. The molecule has 3 aromatic rings. The summed E-state index contributed by atoms with van der Waals surface area (Å²) in [7, 11) is 0. The summed E-state index contributed by atoms with van der Waals surface area (Å²) in [6.45, 7) is 1.44. The Bertz CT molecular complexity index is 1140. The number of hydrogen-bond acceptors (Lipinski definition) is 6. The number of hydrogen-bond donors (Lipinski definition) is 3. The summed E-state index contributed by atoms with van der Waals surface area (Å²) in [5.41, 5.74) is 2.10. The molecule has 0 aliphatic heterocycles. The minimum absolute atomic E-state index is 0.167. The van der Waals surface area contributed by atoms with Gasteiger partial charge in [0.15, 0.2) is 5.82 Å². The predicted molar refractivity (Wildman–Crippen MR) is 127 cm³/mol. The van der Waals surface area contributed by atoms with Gasteiger partial charge in [0.1, 0.15) is 5.82 Å². The van der Waals surface area contributed by atoms with Crippen molar-refractivity contribution in [3.8, 4) is 0 Å². The highest BCUT2D eigenvalue weighted by Gasteiger charge is 2.29. The van der Waals surface area contributed by atoms with Gasteiger partial charge in [0.25, 0.3) is 0 Å². The van der Waals surface area contributed by atoms with E-state index in [2.05, 4.69) is 26.2 Å². The van der Waals surface area contributed by atoms with Crippen LogP contribution in [0.15, 0.2) is 48.5 Å². The van der Waals surface area contributed by atoms with Crippen LogP contribution in [-0.4, -0.2) is 37.2 Å². The molecule has 1 fully saturated rings. The Kier molecular flexibility index (Phi) is 7.81. The number of tetrazole rings is 1. The lowest BCUT2D eigenvalue weighted by Crippen LogP contribution is -2.32. The van der Waals surface area contributed by atoms with Crippen molar-refractivity contribution in [2.45, 2.75) is 63.6 Å². The lowest BCUT2D eigenvalue weighted by Gasteiger charge is -2.28. The highest BCUT2D eigenvalue weighted by atomic mass is 19.1. The van der Waals surface area contributed by atoms with E-state index in [1.165, 1.54) is 25.5 Å². The molecule has 4 rings (SSSR count). The van der Waals surface area contributed by atoms with Crippen molar-refractivity contribution in [1.82, 2.24) is 25.5 Å². The second-order valence-electron chi connectivity index (χ2n) is 8.88. The van der Waals surface area contributed by atoms with Gasteiger partial charge in [0, 0.05) is 18.7 Å². The van der Waals surface area contributed by atoms with E-state index in [0.29, 0.717) is 17.1 Å². The molecule has 2 atom stereocenters. The Hall–Kier alpha value is -3.66. The third-order valence-electron chi connectivity index (χ3n) is 6.28. The molecule has 1 heterocycles. The number of benzene rings is 2. The first-order chi connectivity index (χ1) is 16.9. The standard InChI is InChI=1S/C25H29FN6O3/c1-16(33)27-20-13-9-18(10-14-20)24(25-29-30-31-32(25)21-5-3-2-4-6-21)28-22(15-23(34)35)17-7-11-19(26)12-8-17/h7-14,21-22,24,28H,2-6,15H2,1H3,(H,27,33)(H,34,35). The molecule has 1 amide bonds. The second kappa shape index (κ2) is 11.2. The maximum atomic E-state index is 13.6. The lowest BCUT2D eigenvalue weighted by atomic mass is 9.94. The van der Waals surface area contributed by atoms with Crippen LogP contribution in [0.4, 0.5) is 10.1 Å². The van der Waals surface area contributed by atoms with Gasteiger partial charge in [-0.1, -0.05) is 43.5 Å². The number of amides is 1. The quantitative estimate of drug-likeness (QED) is 0.420. The fourth-order valence-corrected chi connectivity index (χ4v) is 4.60. The smallest absolute Gasteiger partial charge is 0.305 e. The Morgan fingerprint density at radius 2 is 1.71 bits per heavy atom. The first kappa shape index (κ1) is 24.5. The molecule has 0 bridgehead atoms. The number of nitrogens with one attached hydrogen (secondary N) is 2. The fraction of sp³-hybridized carbons (Fsp3) is 0.400. The summed E-state index contributed by atoms with van der Waals surface area (Å²) >= 11 is 0. The summed E-state index contributed by atoms with van der Waals surface area (Å²) in [4.78, 5) is 23.1. The molecule has 1 aliphatic carbocycles. The zero-order valence-corrected chi connectivity index (χ0v) is 19.5. The molecule has 0 radical (unpaired) electrons. The number of carbonyl (C=O) groups is 2. The van der Waals surface area contributed by atoms with Crippen LogP contribution in [-0.2, 0) is 9.59 Å². The van der Waals surface area contributed by atoms with E-state index in [9.17, 15) is 19.1 Å². The van der Waals surface area contributed by atoms with Crippen molar-refractivity contribution in [1.29, 1.82) is 0 Å². The first-order valence-corrected chi connectivity index (χ1v) is 11.8. The number of carbonyl (C=O) groups excluding carboxylic acids is 1. The maximum absolute atomic E-state index is 13.6. The van der Waals surface area contributed by atoms with Crippen LogP contribution in [0, 0.1) is 5.82 Å². The van der Waals surface area contributed by atoms with Crippen molar-refractivity contribution in [2.24, 2.45) is 0 Å². The van der Waals surface area contributed by atoms with Crippen molar-refractivity contribution in [2.75, 3.05) is 5.32 Å². The number of aromatic nitrogens is 4. The molecule has 9 nitrogen and oxygen atoms in total. The molecular formula is C25H29FN6O3. The van der Waals surface area contributed by atoms with E-state index >= 15 is 0 Å². The summed E-state index contributed by atoms with van der Waals surface area (Å²) in [6.07, 6.45) is 5.13. The second-order valence-corrected chi connectivity index (χ2v) is 8.88. The molecule has 1 aromatic heterocycles.